The first kappa shape index (κ1) is 19.9. The third-order valence-corrected chi connectivity index (χ3v) is 5.13. The van der Waals surface area contributed by atoms with E-state index in [1.807, 2.05) is 37.2 Å². The standard InChI is InChI=1S/C17H19ClN2O3S2/c1-19(2)9-10-23-15(21)7-8-20-16(22)14(25-17(20)24)11-12-5-3-4-6-13(12)18/h3-6,11H,7-10H2,1-2H3. The summed E-state index contributed by atoms with van der Waals surface area (Å²) in [5.41, 5.74) is 0.757. The lowest BCUT2D eigenvalue weighted by atomic mass is 10.2. The summed E-state index contributed by atoms with van der Waals surface area (Å²) in [6, 6.07) is 7.27. The summed E-state index contributed by atoms with van der Waals surface area (Å²) in [4.78, 5) is 28.1. The van der Waals surface area contributed by atoms with Crippen LogP contribution in [-0.4, -0.2) is 59.8 Å². The Kier molecular flexibility index (Phi) is 7.43. The van der Waals surface area contributed by atoms with E-state index in [2.05, 4.69) is 0 Å². The summed E-state index contributed by atoms with van der Waals surface area (Å²) in [5.74, 6) is -0.554. The molecule has 1 heterocycles. The van der Waals surface area contributed by atoms with Gasteiger partial charge in [-0.05, 0) is 31.8 Å². The van der Waals surface area contributed by atoms with Gasteiger partial charge in [-0.1, -0.05) is 53.8 Å². The number of carbonyl (C=O) groups is 2. The van der Waals surface area contributed by atoms with Crippen LogP contribution in [0.3, 0.4) is 0 Å². The first-order chi connectivity index (χ1) is 11.9. The molecule has 1 fully saturated rings. The van der Waals surface area contributed by atoms with Crippen molar-refractivity contribution in [3.8, 4) is 0 Å². The minimum Gasteiger partial charge on any atom is -0.464 e. The molecule has 0 spiro atoms. The van der Waals surface area contributed by atoms with Crippen LogP contribution in [0.25, 0.3) is 6.08 Å². The Bertz CT molecular complexity index is 707. The van der Waals surface area contributed by atoms with E-state index in [1.165, 1.54) is 16.7 Å². The van der Waals surface area contributed by atoms with Crippen molar-refractivity contribution >= 4 is 57.9 Å². The third-order valence-electron chi connectivity index (χ3n) is 3.41. The molecule has 0 aliphatic carbocycles. The maximum atomic E-state index is 12.5. The van der Waals surface area contributed by atoms with Gasteiger partial charge in [0.1, 0.15) is 10.9 Å². The van der Waals surface area contributed by atoms with Crippen LogP contribution in [0.2, 0.25) is 5.02 Å². The molecule has 1 saturated heterocycles. The number of ether oxygens (including phenoxy) is 1. The van der Waals surface area contributed by atoms with E-state index in [4.69, 9.17) is 28.6 Å². The maximum Gasteiger partial charge on any atom is 0.307 e. The Morgan fingerprint density at radius 1 is 1.40 bits per heavy atom. The zero-order valence-electron chi connectivity index (χ0n) is 14.0. The third kappa shape index (κ3) is 5.81. The fraction of sp³-hybridized carbons (Fsp3) is 0.353. The molecule has 0 N–H and O–H groups in total. The molecular formula is C17H19ClN2O3S2. The number of thiocarbonyl (C=S) groups is 1. The monoisotopic (exact) mass is 398 g/mol. The van der Waals surface area contributed by atoms with E-state index in [1.54, 1.807) is 12.1 Å². The normalized spacial score (nSPS) is 16.2. The van der Waals surface area contributed by atoms with Crippen molar-refractivity contribution in [2.75, 3.05) is 33.8 Å². The number of nitrogens with zero attached hydrogens (tertiary/aromatic N) is 2. The number of thioether (sulfide) groups is 1. The van der Waals surface area contributed by atoms with E-state index in [0.29, 0.717) is 27.4 Å². The highest BCUT2D eigenvalue weighted by Crippen LogP contribution is 2.33. The number of amides is 1. The number of hydrogen-bond acceptors (Lipinski definition) is 6. The number of esters is 1. The van der Waals surface area contributed by atoms with E-state index >= 15 is 0 Å². The van der Waals surface area contributed by atoms with Gasteiger partial charge in [0.25, 0.3) is 5.91 Å². The van der Waals surface area contributed by atoms with Crippen molar-refractivity contribution in [3.05, 3.63) is 39.8 Å². The van der Waals surface area contributed by atoms with Gasteiger partial charge in [-0.2, -0.15) is 0 Å². The molecule has 1 amide bonds. The maximum absolute atomic E-state index is 12.5. The van der Waals surface area contributed by atoms with Crippen molar-refractivity contribution in [3.63, 3.8) is 0 Å². The molecule has 2 rings (SSSR count). The fourth-order valence-corrected chi connectivity index (χ4v) is 3.53. The predicted molar refractivity (Wildman–Crippen MR) is 105 cm³/mol. The van der Waals surface area contributed by atoms with Crippen LogP contribution in [0.15, 0.2) is 29.2 Å². The Hall–Kier alpha value is -1.41. The first-order valence-corrected chi connectivity index (χ1v) is 9.29. The summed E-state index contributed by atoms with van der Waals surface area (Å²) in [5, 5.41) is 0.567. The van der Waals surface area contributed by atoms with Crippen molar-refractivity contribution in [2.24, 2.45) is 0 Å². The minimum atomic E-state index is -0.342. The van der Waals surface area contributed by atoms with Crippen LogP contribution in [0.5, 0.6) is 0 Å². The zero-order chi connectivity index (χ0) is 18.4. The minimum absolute atomic E-state index is 0.110. The lowest BCUT2D eigenvalue weighted by Gasteiger charge is -2.14. The van der Waals surface area contributed by atoms with Gasteiger partial charge in [0.05, 0.1) is 11.3 Å². The van der Waals surface area contributed by atoms with E-state index in [9.17, 15) is 9.59 Å². The van der Waals surface area contributed by atoms with Gasteiger partial charge in [0, 0.05) is 18.1 Å². The summed E-state index contributed by atoms with van der Waals surface area (Å²) < 4.78 is 5.56. The second-order valence-corrected chi connectivity index (χ2v) is 7.71. The Morgan fingerprint density at radius 2 is 2.12 bits per heavy atom. The number of carbonyl (C=O) groups excluding carboxylic acids is 2. The summed E-state index contributed by atoms with van der Waals surface area (Å²) >= 11 is 12.6. The number of likely N-dealkylation sites (N-methyl/N-ethyl adjacent to an activating group) is 1. The van der Waals surface area contributed by atoms with Gasteiger partial charge < -0.3 is 9.64 Å². The molecule has 8 heteroatoms. The molecule has 1 aromatic carbocycles. The van der Waals surface area contributed by atoms with Gasteiger partial charge in [-0.15, -0.1) is 0 Å². The van der Waals surface area contributed by atoms with Crippen LogP contribution in [0.1, 0.15) is 12.0 Å². The highest BCUT2D eigenvalue weighted by Gasteiger charge is 2.32. The van der Waals surface area contributed by atoms with Crippen LogP contribution < -0.4 is 0 Å². The molecule has 25 heavy (non-hydrogen) atoms. The smallest absolute Gasteiger partial charge is 0.307 e. The van der Waals surface area contributed by atoms with Gasteiger partial charge in [0.15, 0.2) is 0 Å². The van der Waals surface area contributed by atoms with Gasteiger partial charge in [0.2, 0.25) is 0 Å². The van der Waals surface area contributed by atoms with Crippen LogP contribution >= 0.6 is 35.6 Å². The Labute approximate surface area is 161 Å². The van der Waals surface area contributed by atoms with E-state index in [-0.39, 0.29) is 24.8 Å². The molecule has 1 aliphatic rings. The molecule has 0 saturated carbocycles. The molecule has 1 aromatic rings. The fourth-order valence-electron chi connectivity index (χ4n) is 2.04. The van der Waals surface area contributed by atoms with Crippen molar-refractivity contribution < 1.29 is 14.3 Å². The molecule has 1 aliphatic heterocycles. The molecular weight excluding hydrogens is 380 g/mol. The number of halogens is 1. The number of benzene rings is 1. The Morgan fingerprint density at radius 3 is 2.80 bits per heavy atom. The average Bonchev–Trinajstić information content (AvgIpc) is 2.81. The van der Waals surface area contributed by atoms with Crippen LogP contribution in [0.4, 0.5) is 0 Å². The molecule has 0 bridgehead atoms. The van der Waals surface area contributed by atoms with Crippen molar-refractivity contribution in [2.45, 2.75) is 6.42 Å². The summed E-state index contributed by atoms with van der Waals surface area (Å²) in [7, 11) is 3.80. The molecule has 0 radical (unpaired) electrons. The quantitative estimate of drug-likeness (QED) is 0.399. The Balaban J connectivity index is 1.93. The van der Waals surface area contributed by atoms with Gasteiger partial charge in [-0.3, -0.25) is 14.5 Å². The zero-order valence-corrected chi connectivity index (χ0v) is 16.4. The molecule has 5 nitrogen and oxygen atoms in total. The summed E-state index contributed by atoms with van der Waals surface area (Å²) in [6.45, 7) is 1.20. The second-order valence-electron chi connectivity index (χ2n) is 5.63. The topological polar surface area (TPSA) is 49.9 Å². The molecule has 0 atom stereocenters. The first-order valence-electron chi connectivity index (χ1n) is 7.68. The molecule has 134 valence electrons. The average molecular weight is 399 g/mol. The molecule has 0 unspecified atom stereocenters. The highest BCUT2D eigenvalue weighted by molar-refractivity contribution is 8.26. The lowest BCUT2D eigenvalue weighted by Crippen LogP contribution is -2.31. The predicted octanol–water partition coefficient (Wildman–Crippen LogP) is 3.04. The highest BCUT2D eigenvalue weighted by atomic mass is 35.5. The van der Waals surface area contributed by atoms with E-state index in [0.717, 1.165) is 5.56 Å². The lowest BCUT2D eigenvalue weighted by molar-refractivity contribution is -0.144. The van der Waals surface area contributed by atoms with E-state index < -0.39 is 0 Å². The SMILES string of the molecule is CN(C)CCOC(=O)CCN1C(=O)C(=Cc2ccccc2Cl)SC1=S. The van der Waals surface area contributed by atoms with Crippen LogP contribution in [0, 0.1) is 0 Å². The second kappa shape index (κ2) is 9.33. The van der Waals surface area contributed by atoms with Crippen molar-refractivity contribution in [1.82, 2.24) is 9.80 Å². The largest absolute Gasteiger partial charge is 0.464 e. The summed E-state index contributed by atoms with van der Waals surface area (Å²) in [6.07, 6.45) is 1.83. The number of hydrogen-bond donors (Lipinski definition) is 0. The van der Waals surface area contributed by atoms with Gasteiger partial charge in [-0.25, -0.2) is 0 Å². The number of rotatable bonds is 7. The van der Waals surface area contributed by atoms with Crippen molar-refractivity contribution in [1.29, 1.82) is 0 Å². The van der Waals surface area contributed by atoms with Gasteiger partial charge >= 0.3 is 5.97 Å². The van der Waals surface area contributed by atoms with Crippen LogP contribution in [-0.2, 0) is 14.3 Å². The molecule has 0 aromatic heterocycles.